The molecule has 0 N–H and O–H groups in total. The Morgan fingerprint density at radius 1 is 1.00 bits per heavy atom. The summed E-state index contributed by atoms with van der Waals surface area (Å²) >= 11 is 5.06. The third kappa shape index (κ3) is 4.00. The normalized spacial score (nSPS) is 10.3. The van der Waals surface area contributed by atoms with Crippen LogP contribution in [0, 0.1) is 0 Å². The molecular weight excluding hydrogens is 308 g/mol. The molecule has 3 heteroatoms. The Balaban J connectivity index is 1.82. The monoisotopic (exact) mass is 320 g/mol. The van der Waals surface area contributed by atoms with Crippen molar-refractivity contribution in [2.24, 2.45) is 0 Å². The Morgan fingerprint density at radius 2 is 1.67 bits per heavy atom. The number of hydrogen-bond donors (Lipinski definition) is 0. The maximum atomic E-state index is 11.9. The van der Waals surface area contributed by atoms with Gasteiger partial charge in [0.25, 0.3) is 0 Å². The first-order chi connectivity index (χ1) is 8.75. The number of rotatable bonds is 5. The zero-order valence-electron chi connectivity index (χ0n) is 9.80. The number of Topliss-reactive ketones (excluding diaryl/α,β-unsaturated/α-hetero) is 1. The molecule has 0 heterocycles. The van der Waals surface area contributed by atoms with Gasteiger partial charge in [0.15, 0.2) is 5.78 Å². The van der Waals surface area contributed by atoms with E-state index in [-0.39, 0.29) is 5.78 Å². The molecule has 2 rings (SSSR count). The molecule has 0 atom stereocenters. The molecule has 0 aliphatic heterocycles. The van der Waals surface area contributed by atoms with Gasteiger partial charge in [0.1, 0.15) is 0 Å². The van der Waals surface area contributed by atoms with Gasteiger partial charge in [-0.15, -0.1) is 11.8 Å². The lowest BCUT2D eigenvalue weighted by atomic mass is 10.2. The van der Waals surface area contributed by atoms with Gasteiger partial charge in [-0.3, -0.25) is 4.79 Å². The van der Waals surface area contributed by atoms with Gasteiger partial charge in [-0.2, -0.15) is 0 Å². The van der Waals surface area contributed by atoms with E-state index >= 15 is 0 Å². The predicted molar refractivity (Wildman–Crippen MR) is 81.1 cm³/mol. The van der Waals surface area contributed by atoms with E-state index in [0.29, 0.717) is 5.75 Å². The molecule has 1 nitrogen and oxygen atoms in total. The van der Waals surface area contributed by atoms with Gasteiger partial charge in [0.05, 0.1) is 5.75 Å². The number of ketones is 1. The van der Waals surface area contributed by atoms with Crippen LogP contribution in [0.1, 0.15) is 15.9 Å². The highest BCUT2D eigenvalue weighted by atomic mass is 79.9. The lowest BCUT2D eigenvalue weighted by Gasteiger charge is -2.02. The number of benzene rings is 2. The second-order valence-electron chi connectivity index (χ2n) is 3.91. The zero-order chi connectivity index (χ0) is 12.8. The summed E-state index contributed by atoms with van der Waals surface area (Å²) in [5.41, 5.74) is 2.03. The topological polar surface area (TPSA) is 17.1 Å². The molecule has 0 amide bonds. The van der Waals surface area contributed by atoms with Crippen LogP contribution in [0.15, 0.2) is 59.1 Å². The third-order valence-corrected chi connectivity index (χ3v) is 4.04. The second kappa shape index (κ2) is 6.76. The van der Waals surface area contributed by atoms with Gasteiger partial charge in [-0.1, -0.05) is 58.4 Å². The van der Waals surface area contributed by atoms with Crippen molar-refractivity contribution in [2.75, 3.05) is 5.75 Å². The lowest BCUT2D eigenvalue weighted by Crippen LogP contribution is -2.02. The quantitative estimate of drug-likeness (QED) is 0.751. The maximum Gasteiger partial charge on any atom is 0.172 e. The predicted octanol–water partition coefficient (Wildman–Crippen LogP) is 4.57. The Hall–Kier alpha value is -1.06. The minimum Gasteiger partial charge on any atom is -0.293 e. The van der Waals surface area contributed by atoms with Crippen LogP contribution in [-0.2, 0) is 5.75 Å². The molecule has 0 bridgehead atoms. The molecule has 0 aliphatic carbocycles. The van der Waals surface area contributed by atoms with E-state index in [1.54, 1.807) is 11.8 Å². The van der Waals surface area contributed by atoms with Crippen molar-refractivity contribution >= 4 is 33.5 Å². The molecule has 0 unspecified atom stereocenters. The summed E-state index contributed by atoms with van der Waals surface area (Å²) in [6.45, 7) is 0. The number of hydrogen-bond acceptors (Lipinski definition) is 2. The SMILES string of the molecule is O=C(CSCc1ccc(Br)cc1)c1ccccc1. The van der Waals surface area contributed by atoms with Crippen LogP contribution < -0.4 is 0 Å². The first kappa shape index (κ1) is 13.4. The minimum atomic E-state index is 0.192. The fourth-order valence-electron chi connectivity index (χ4n) is 1.55. The Morgan fingerprint density at radius 3 is 2.33 bits per heavy atom. The van der Waals surface area contributed by atoms with Gasteiger partial charge in [-0.05, 0) is 17.7 Å². The average molecular weight is 321 g/mol. The highest BCUT2D eigenvalue weighted by Gasteiger charge is 2.04. The second-order valence-corrected chi connectivity index (χ2v) is 5.81. The highest BCUT2D eigenvalue weighted by Crippen LogP contribution is 2.17. The van der Waals surface area contributed by atoms with E-state index in [4.69, 9.17) is 0 Å². The fourth-order valence-corrected chi connectivity index (χ4v) is 2.70. The van der Waals surface area contributed by atoms with E-state index in [9.17, 15) is 4.79 Å². The zero-order valence-corrected chi connectivity index (χ0v) is 12.2. The van der Waals surface area contributed by atoms with Crippen molar-refractivity contribution in [1.82, 2.24) is 0 Å². The van der Waals surface area contributed by atoms with Gasteiger partial charge >= 0.3 is 0 Å². The molecule has 0 radical (unpaired) electrons. The summed E-state index contributed by atoms with van der Waals surface area (Å²) in [5.74, 6) is 1.59. The first-order valence-electron chi connectivity index (χ1n) is 5.66. The van der Waals surface area contributed by atoms with E-state index in [0.717, 1.165) is 15.8 Å². The summed E-state index contributed by atoms with van der Waals surface area (Å²) in [7, 11) is 0. The maximum absolute atomic E-state index is 11.9. The first-order valence-corrected chi connectivity index (χ1v) is 7.61. The van der Waals surface area contributed by atoms with Crippen LogP contribution >= 0.6 is 27.7 Å². The minimum absolute atomic E-state index is 0.192. The Labute approximate surface area is 120 Å². The molecule has 0 aromatic heterocycles. The summed E-state index contributed by atoms with van der Waals surface area (Å²) in [4.78, 5) is 11.9. The Bertz CT molecular complexity index is 508. The van der Waals surface area contributed by atoms with E-state index in [2.05, 4.69) is 28.1 Å². The Kier molecular flexibility index (Phi) is 5.02. The molecule has 0 fully saturated rings. The van der Waals surface area contributed by atoms with Crippen molar-refractivity contribution in [3.8, 4) is 0 Å². The molecule has 2 aromatic rings. The number of carbonyl (C=O) groups excluding carboxylic acids is 1. The molecular formula is C15H13BrOS. The largest absolute Gasteiger partial charge is 0.293 e. The van der Waals surface area contributed by atoms with Gasteiger partial charge in [0.2, 0.25) is 0 Å². The molecule has 0 saturated carbocycles. The van der Waals surface area contributed by atoms with Gasteiger partial charge in [-0.25, -0.2) is 0 Å². The van der Waals surface area contributed by atoms with Gasteiger partial charge in [0, 0.05) is 15.8 Å². The third-order valence-electron chi connectivity index (χ3n) is 2.51. The molecule has 2 aromatic carbocycles. The molecule has 0 spiro atoms. The van der Waals surface area contributed by atoms with Gasteiger partial charge < -0.3 is 0 Å². The molecule has 92 valence electrons. The molecule has 0 saturated heterocycles. The number of thioether (sulfide) groups is 1. The highest BCUT2D eigenvalue weighted by molar-refractivity contribution is 9.10. The van der Waals surface area contributed by atoms with Crippen molar-refractivity contribution in [3.63, 3.8) is 0 Å². The standard InChI is InChI=1S/C15H13BrOS/c16-14-8-6-12(7-9-14)10-18-11-15(17)13-4-2-1-3-5-13/h1-9H,10-11H2. The molecule has 0 aliphatic rings. The van der Waals surface area contributed by atoms with Crippen molar-refractivity contribution < 1.29 is 4.79 Å². The number of halogens is 1. The summed E-state index contributed by atoms with van der Waals surface area (Å²) in [6, 6.07) is 17.6. The summed E-state index contributed by atoms with van der Waals surface area (Å²) in [5, 5.41) is 0. The van der Waals surface area contributed by atoms with Crippen LogP contribution in [0.3, 0.4) is 0 Å². The van der Waals surface area contributed by atoms with Crippen LogP contribution in [-0.4, -0.2) is 11.5 Å². The van der Waals surface area contributed by atoms with Crippen molar-refractivity contribution in [3.05, 3.63) is 70.2 Å². The molecule has 18 heavy (non-hydrogen) atoms. The van der Waals surface area contributed by atoms with Crippen LogP contribution in [0.5, 0.6) is 0 Å². The lowest BCUT2D eigenvalue weighted by molar-refractivity contribution is 0.102. The summed E-state index contributed by atoms with van der Waals surface area (Å²) in [6.07, 6.45) is 0. The van der Waals surface area contributed by atoms with Crippen LogP contribution in [0.4, 0.5) is 0 Å². The van der Waals surface area contributed by atoms with E-state index < -0.39 is 0 Å². The smallest absolute Gasteiger partial charge is 0.172 e. The van der Waals surface area contributed by atoms with Crippen LogP contribution in [0.2, 0.25) is 0 Å². The summed E-state index contributed by atoms with van der Waals surface area (Å²) < 4.78 is 1.08. The average Bonchev–Trinajstić information content (AvgIpc) is 2.42. The van der Waals surface area contributed by atoms with Crippen molar-refractivity contribution in [1.29, 1.82) is 0 Å². The fraction of sp³-hybridized carbons (Fsp3) is 0.133. The number of carbonyl (C=O) groups is 1. The van der Waals surface area contributed by atoms with Crippen molar-refractivity contribution in [2.45, 2.75) is 5.75 Å². The van der Waals surface area contributed by atoms with Crippen LogP contribution in [0.25, 0.3) is 0 Å². The van der Waals surface area contributed by atoms with E-state index in [1.807, 2.05) is 42.5 Å². The van der Waals surface area contributed by atoms with E-state index in [1.165, 1.54) is 5.56 Å².